The van der Waals surface area contributed by atoms with E-state index in [-0.39, 0.29) is 30.9 Å². The molecule has 138 valence electrons. The normalized spacial score (nSPS) is 11.9. The van der Waals surface area contributed by atoms with Crippen LogP contribution in [0, 0.1) is 0 Å². The maximum absolute atomic E-state index is 12.2. The second-order valence-electron chi connectivity index (χ2n) is 6.04. The van der Waals surface area contributed by atoms with Crippen LogP contribution in [-0.2, 0) is 9.59 Å². The van der Waals surface area contributed by atoms with Gasteiger partial charge in [0.1, 0.15) is 0 Å². The highest BCUT2D eigenvalue weighted by atomic mass is 35.5. The van der Waals surface area contributed by atoms with Crippen LogP contribution in [0.4, 0.5) is 5.69 Å². The minimum absolute atomic E-state index is 0.0736. The maximum atomic E-state index is 12.2. The first-order valence-corrected chi connectivity index (χ1v) is 8.88. The monoisotopic (exact) mass is 393 g/mol. The second kappa shape index (κ2) is 9.57. The van der Waals surface area contributed by atoms with Gasteiger partial charge in [0.25, 0.3) is 0 Å². The van der Waals surface area contributed by atoms with E-state index in [2.05, 4.69) is 10.6 Å². The van der Waals surface area contributed by atoms with Crippen molar-refractivity contribution < 1.29 is 9.59 Å². The van der Waals surface area contributed by atoms with Gasteiger partial charge in [-0.25, -0.2) is 0 Å². The third-order valence-corrected chi connectivity index (χ3v) is 4.27. The lowest BCUT2D eigenvalue weighted by molar-refractivity contribution is -0.123. The molecule has 0 aliphatic rings. The van der Waals surface area contributed by atoms with Crippen LogP contribution in [-0.4, -0.2) is 36.9 Å². The fourth-order valence-electron chi connectivity index (χ4n) is 2.44. The molecule has 5 nitrogen and oxygen atoms in total. The summed E-state index contributed by atoms with van der Waals surface area (Å²) >= 11 is 12.0. The van der Waals surface area contributed by atoms with Gasteiger partial charge in [-0.1, -0.05) is 47.5 Å². The summed E-state index contributed by atoms with van der Waals surface area (Å²) in [5.41, 5.74) is 1.47. The lowest BCUT2D eigenvalue weighted by atomic mass is 10.1. The molecule has 0 heterocycles. The van der Waals surface area contributed by atoms with Crippen molar-refractivity contribution in [2.45, 2.75) is 13.0 Å². The fraction of sp³-hybridized carbons (Fsp3) is 0.263. The number of benzene rings is 2. The lowest BCUT2D eigenvalue weighted by Crippen LogP contribution is -2.39. The van der Waals surface area contributed by atoms with E-state index in [0.717, 1.165) is 5.56 Å². The highest BCUT2D eigenvalue weighted by Crippen LogP contribution is 2.20. The minimum Gasteiger partial charge on any atom is -0.348 e. The van der Waals surface area contributed by atoms with Gasteiger partial charge in [0.15, 0.2) is 0 Å². The molecule has 0 fully saturated rings. The van der Waals surface area contributed by atoms with E-state index in [9.17, 15) is 9.59 Å². The quantitative estimate of drug-likeness (QED) is 0.752. The van der Waals surface area contributed by atoms with Crippen LogP contribution in [0.3, 0.4) is 0 Å². The van der Waals surface area contributed by atoms with E-state index in [1.807, 2.05) is 25.1 Å². The Morgan fingerprint density at radius 2 is 1.73 bits per heavy atom. The smallest absolute Gasteiger partial charge is 0.238 e. The van der Waals surface area contributed by atoms with Crippen LogP contribution >= 0.6 is 23.2 Å². The van der Waals surface area contributed by atoms with Crippen LogP contribution in [0.1, 0.15) is 18.5 Å². The molecule has 2 rings (SSSR count). The van der Waals surface area contributed by atoms with Crippen molar-refractivity contribution in [1.82, 2.24) is 10.2 Å². The molecule has 0 radical (unpaired) electrons. The number of nitrogens with one attached hydrogen (secondary N) is 2. The van der Waals surface area contributed by atoms with Gasteiger partial charge in [0.05, 0.1) is 29.8 Å². The van der Waals surface area contributed by atoms with Crippen LogP contribution < -0.4 is 10.6 Å². The van der Waals surface area contributed by atoms with Gasteiger partial charge in [-0.15, -0.1) is 0 Å². The van der Waals surface area contributed by atoms with Crippen molar-refractivity contribution in [3.63, 3.8) is 0 Å². The van der Waals surface area contributed by atoms with Crippen molar-refractivity contribution in [3.8, 4) is 0 Å². The summed E-state index contributed by atoms with van der Waals surface area (Å²) in [6.07, 6.45) is 0. The zero-order chi connectivity index (χ0) is 19.1. The average molecular weight is 394 g/mol. The van der Waals surface area contributed by atoms with Crippen molar-refractivity contribution in [3.05, 3.63) is 64.1 Å². The number of nitrogens with zero attached hydrogens (tertiary/aromatic N) is 1. The van der Waals surface area contributed by atoms with Crippen LogP contribution in [0.15, 0.2) is 48.5 Å². The van der Waals surface area contributed by atoms with Gasteiger partial charge >= 0.3 is 0 Å². The van der Waals surface area contributed by atoms with Crippen molar-refractivity contribution in [2.75, 3.05) is 25.5 Å². The van der Waals surface area contributed by atoms with Crippen molar-refractivity contribution >= 4 is 40.7 Å². The molecular weight excluding hydrogens is 373 g/mol. The average Bonchev–Trinajstić information content (AvgIpc) is 2.56. The number of halogens is 2. The first-order valence-electron chi connectivity index (χ1n) is 8.13. The number of hydrogen-bond donors (Lipinski definition) is 2. The second-order valence-corrected chi connectivity index (χ2v) is 6.89. The predicted octanol–water partition coefficient (Wildman–Crippen LogP) is 3.74. The molecule has 7 heteroatoms. The number of amides is 2. The van der Waals surface area contributed by atoms with Crippen molar-refractivity contribution in [1.29, 1.82) is 0 Å². The van der Waals surface area contributed by atoms with E-state index >= 15 is 0 Å². The SMILES string of the molecule is C[C@H](NC(=O)CN(C)CC(=O)Nc1ccccc1Cl)c1cccc(Cl)c1. The lowest BCUT2D eigenvalue weighted by Gasteiger charge is -2.19. The highest BCUT2D eigenvalue weighted by Gasteiger charge is 2.14. The minimum atomic E-state index is -0.240. The Kier molecular flexibility index (Phi) is 7.45. The fourth-order valence-corrected chi connectivity index (χ4v) is 2.83. The molecule has 2 N–H and O–H groups in total. The van der Waals surface area contributed by atoms with E-state index in [0.29, 0.717) is 15.7 Å². The summed E-state index contributed by atoms with van der Waals surface area (Å²) in [5.74, 6) is -0.415. The molecule has 0 aliphatic carbocycles. The summed E-state index contributed by atoms with van der Waals surface area (Å²) in [5, 5.41) is 6.71. The van der Waals surface area contributed by atoms with Gasteiger partial charge in [-0.05, 0) is 43.8 Å². The molecule has 0 bridgehead atoms. The molecule has 2 amide bonds. The van der Waals surface area contributed by atoms with Crippen molar-refractivity contribution in [2.24, 2.45) is 0 Å². The third-order valence-electron chi connectivity index (χ3n) is 3.70. The van der Waals surface area contributed by atoms with E-state index in [1.54, 1.807) is 42.3 Å². The largest absolute Gasteiger partial charge is 0.348 e. The molecule has 1 atom stereocenters. The molecule has 0 unspecified atom stereocenters. The number of likely N-dealkylation sites (N-methyl/N-ethyl adjacent to an activating group) is 1. The summed E-state index contributed by atoms with van der Waals surface area (Å²) in [4.78, 5) is 25.9. The summed E-state index contributed by atoms with van der Waals surface area (Å²) < 4.78 is 0. The standard InChI is InChI=1S/C19H21Cl2N3O2/c1-13(14-6-5-7-15(20)10-14)22-18(25)11-24(2)12-19(26)23-17-9-4-3-8-16(17)21/h3-10,13H,11-12H2,1-2H3,(H,22,25)(H,23,26)/t13-/m0/s1. The zero-order valence-corrected chi connectivity index (χ0v) is 16.1. The Morgan fingerprint density at radius 1 is 1.04 bits per heavy atom. The Hall–Kier alpha value is -2.08. The summed E-state index contributed by atoms with van der Waals surface area (Å²) in [6.45, 7) is 2.05. The molecule has 0 spiro atoms. The van der Waals surface area contributed by atoms with E-state index in [4.69, 9.17) is 23.2 Å². The Bertz CT molecular complexity index is 783. The third kappa shape index (κ3) is 6.33. The summed E-state index contributed by atoms with van der Waals surface area (Å²) in [6, 6.07) is 14.2. The number of para-hydroxylation sites is 1. The molecule has 0 saturated carbocycles. The van der Waals surface area contributed by atoms with Crippen LogP contribution in [0.5, 0.6) is 0 Å². The Morgan fingerprint density at radius 3 is 2.42 bits per heavy atom. The molecule has 0 aromatic heterocycles. The van der Waals surface area contributed by atoms with Crippen LogP contribution in [0.25, 0.3) is 0 Å². The number of hydrogen-bond acceptors (Lipinski definition) is 3. The molecule has 26 heavy (non-hydrogen) atoms. The molecule has 2 aromatic carbocycles. The Balaban J connectivity index is 1.81. The Labute approximate surface area is 163 Å². The summed E-state index contributed by atoms with van der Waals surface area (Å²) in [7, 11) is 1.70. The highest BCUT2D eigenvalue weighted by molar-refractivity contribution is 6.33. The molecular formula is C19H21Cl2N3O2. The molecule has 0 aliphatic heterocycles. The first-order chi connectivity index (χ1) is 12.3. The van der Waals surface area contributed by atoms with Gasteiger partial charge < -0.3 is 10.6 Å². The first kappa shape index (κ1) is 20.2. The zero-order valence-electron chi connectivity index (χ0n) is 14.6. The predicted molar refractivity (Wildman–Crippen MR) is 106 cm³/mol. The van der Waals surface area contributed by atoms with Gasteiger partial charge in [0.2, 0.25) is 11.8 Å². The number of carbonyl (C=O) groups is 2. The van der Waals surface area contributed by atoms with E-state index < -0.39 is 0 Å². The maximum Gasteiger partial charge on any atom is 0.238 e. The number of carbonyl (C=O) groups excluding carboxylic acids is 2. The van der Waals surface area contributed by atoms with Gasteiger partial charge in [-0.2, -0.15) is 0 Å². The molecule has 2 aromatic rings. The van der Waals surface area contributed by atoms with Gasteiger partial charge in [0, 0.05) is 5.02 Å². The van der Waals surface area contributed by atoms with E-state index in [1.165, 1.54) is 0 Å². The van der Waals surface area contributed by atoms with Gasteiger partial charge in [-0.3, -0.25) is 14.5 Å². The number of anilines is 1. The van der Waals surface area contributed by atoms with Crippen LogP contribution in [0.2, 0.25) is 10.0 Å². The number of rotatable bonds is 7. The topological polar surface area (TPSA) is 61.4 Å². The molecule has 0 saturated heterocycles.